The average Bonchev–Trinajstić information content (AvgIpc) is 2.39. The number of carbonyl (C=O) groups is 1. The van der Waals surface area contributed by atoms with E-state index in [4.69, 9.17) is 4.74 Å². The standard InChI is InChI=1S/C15H13BrO2/c1-10-9-12(15(17)18-2)5-8-14(10)11-3-6-13(16)7-4-11/h3-9H,1-2H3. The second kappa shape index (κ2) is 5.36. The maximum Gasteiger partial charge on any atom is 0.337 e. The Morgan fingerprint density at radius 1 is 1.11 bits per heavy atom. The highest BCUT2D eigenvalue weighted by Gasteiger charge is 2.08. The number of carbonyl (C=O) groups excluding carboxylic acids is 1. The van der Waals surface area contributed by atoms with E-state index in [9.17, 15) is 4.79 Å². The summed E-state index contributed by atoms with van der Waals surface area (Å²) in [6.07, 6.45) is 0. The highest BCUT2D eigenvalue weighted by atomic mass is 79.9. The number of esters is 1. The summed E-state index contributed by atoms with van der Waals surface area (Å²) in [5, 5.41) is 0. The molecule has 0 N–H and O–H groups in total. The van der Waals surface area contributed by atoms with E-state index < -0.39 is 0 Å². The van der Waals surface area contributed by atoms with Gasteiger partial charge in [-0.05, 0) is 47.9 Å². The van der Waals surface area contributed by atoms with Crippen LogP contribution in [0.2, 0.25) is 0 Å². The molecule has 3 heteroatoms. The van der Waals surface area contributed by atoms with E-state index in [1.54, 1.807) is 6.07 Å². The first-order valence-electron chi connectivity index (χ1n) is 5.56. The molecular formula is C15H13BrO2. The van der Waals surface area contributed by atoms with Crippen LogP contribution in [0.5, 0.6) is 0 Å². The lowest BCUT2D eigenvalue weighted by atomic mass is 9.98. The van der Waals surface area contributed by atoms with Crippen LogP contribution < -0.4 is 0 Å². The van der Waals surface area contributed by atoms with Crippen LogP contribution in [0.4, 0.5) is 0 Å². The quantitative estimate of drug-likeness (QED) is 0.777. The molecule has 0 fully saturated rings. The second-order valence-electron chi connectivity index (χ2n) is 4.03. The van der Waals surface area contributed by atoms with E-state index in [0.29, 0.717) is 5.56 Å². The van der Waals surface area contributed by atoms with Crippen molar-refractivity contribution in [1.29, 1.82) is 0 Å². The van der Waals surface area contributed by atoms with Gasteiger partial charge in [-0.1, -0.05) is 34.1 Å². The predicted octanol–water partition coefficient (Wildman–Crippen LogP) is 4.21. The first kappa shape index (κ1) is 12.8. The monoisotopic (exact) mass is 304 g/mol. The minimum atomic E-state index is -0.305. The molecule has 0 aliphatic rings. The summed E-state index contributed by atoms with van der Waals surface area (Å²) in [4.78, 5) is 11.4. The van der Waals surface area contributed by atoms with Gasteiger partial charge >= 0.3 is 5.97 Å². The molecule has 2 aromatic carbocycles. The van der Waals surface area contributed by atoms with Crippen molar-refractivity contribution in [3.05, 3.63) is 58.1 Å². The fraction of sp³-hybridized carbons (Fsp3) is 0.133. The first-order chi connectivity index (χ1) is 8.61. The first-order valence-corrected chi connectivity index (χ1v) is 6.36. The maximum absolute atomic E-state index is 11.4. The molecule has 2 nitrogen and oxygen atoms in total. The van der Waals surface area contributed by atoms with Gasteiger partial charge in [0.05, 0.1) is 12.7 Å². The zero-order valence-electron chi connectivity index (χ0n) is 10.2. The number of hydrogen-bond donors (Lipinski definition) is 0. The number of methoxy groups -OCH3 is 1. The van der Waals surface area contributed by atoms with Gasteiger partial charge in [-0.3, -0.25) is 0 Å². The summed E-state index contributed by atoms with van der Waals surface area (Å²) < 4.78 is 5.76. The lowest BCUT2D eigenvalue weighted by Gasteiger charge is -2.08. The molecule has 0 aliphatic heterocycles. The van der Waals surface area contributed by atoms with Crippen LogP contribution in [0.3, 0.4) is 0 Å². The molecule has 2 aromatic rings. The molecule has 0 atom stereocenters. The number of benzene rings is 2. The molecule has 0 radical (unpaired) electrons. The Morgan fingerprint density at radius 2 is 1.78 bits per heavy atom. The Hall–Kier alpha value is -1.61. The fourth-order valence-corrected chi connectivity index (χ4v) is 2.13. The Bertz CT molecular complexity index is 574. The molecule has 2 rings (SSSR count). The van der Waals surface area contributed by atoms with Gasteiger partial charge in [-0.2, -0.15) is 0 Å². The average molecular weight is 305 g/mol. The molecule has 0 bridgehead atoms. The summed E-state index contributed by atoms with van der Waals surface area (Å²) in [6.45, 7) is 1.99. The number of halogens is 1. The van der Waals surface area contributed by atoms with E-state index in [1.807, 2.05) is 43.3 Å². The molecule has 0 amide bonds. The lowest BCUT2D eigenvalue weighted by molar-refractivity contribution is 0.0600. The molecular weight excluding hydrogens is 292 g/mol. The van der Waals surface area contributed by atoms with E-state index in [2.05, 4.69) is 15.9 Å². The van der Waals surface area contributed by atoms with Crippen molar-refractivity contribution in [2.45, 2.75) is 6.92 Å². The van der Waals surface area contributed by atoms with Gasteiger partial charge in [0.15, 0.2) is 0 Å². The van der Waals surface area contributed by atoms with Crippen molar-refractivity contribution >= 4 is 21.9 Å². The smallest absolute Gasteiger partial charge is 0.337 e. The molecule has 0 unspecified atom stereocenters. The molecule has 92 valence electrons. The highest BCUT2D eigenvalue weighted by molar-refractivity contribution is 9.10. The van der Waals surface area contributed by atoms with Crippen molar-refractivity contribution in [2.24, 2.45) is 0 Å². The van der Waals surface area contributed by atoms with E-state index in [-0.39, 0.29) is 5.97 Å². The summed E-state index contributed by atoms with van der Waals surface area (Å²) in [5.74, 6) is -0.305. The number of hydrogen-bond acceptors (Lipinski definition) is 2. The second-order valence-corrected chi connectivity index (χ2v) is 4.94. The van der Waals surface area contributed by atoms with Crippen molar-refractivity contribution in [3.8, 4) is 11.1 Å². The maximum atomic E-state index is 11.4. The van der Waals surface area contributed by atoms with Crippen molar-refractivity contribution in [1.82, 2.24) is 0 Å². The summed E-state index contributed by atoms with van der Waals surface area (Å²) >= 11 is 3.42. The Labute approximate surface area is 115 Å². The molecule has 0 saturated heterocycles. The predicted molar refractivity (Wildman–Crippen MR) is 75.7 cm³/mol. The topological polar surface area (TPSA) is 26.3 Å². The third kappa shape index (κ3) is 2.62. The molecule has 18 heavy (non-hydrogen) atoms. The molecule has 0 saturated carbocycles. The SMILES string of the molecule is COC(=O)c1ccc(-c2ccc(Br)cc2)c(C)c1. The van der Waals surface area contributed by atoms with Gasteiger partial charge in [0.1, 0.15) is 0 Å². The van der Waals surface area contributed by atoms with Crippen LogP contribution in [0.25, 0.3) is 11.1 Å². The van der Waals surface area contributed by atoms with Crippen LogP contribution in [0.15, 0.2) is 46.9 Å². The van der Waals surface area contributed by atoms with Gasteiger partial charge in [0.2, 0.25) is 0 Å². The minimum absolute atomic E-state index is 0.305. The summed E-state index contributed by atoms with van der Waals surface area (Å²) in [7, 11) is 1.39. The van der Waals surface area contributed by atoms with Crippen LogP contribution >= 0.6 is 15.9 Å². The van der Waals surface area contributed by atoms with Crippen molar-refractivity contribution < 1.29 is 9.53 Å². The molecule has 0 spiro atoms. The molecule has 0 heterocycles. The minimum Gasteiger partial charge on any atom is -0.465 e. The number of aryl methyl sites for hydroxylation is 1. The van der Waals surface area contributed by atoms with Crippen LogP contribution in [-0.2, 0) is 4.74 Å². The Balaban J connectivity index is 2.41. The van der Waals surface area contributed by atoms with Gasteiger partial charge < -0.3 is 4.74 Å². The van der Waals surface area contributed by atoms with Crippen LogP contribution in [0.1, 0.15) is 15.9 Å². The van der Waals surface area contributed by atoms with Crippen LogP contribution in [-0.4, -0.2) is 13.1 Å². The fourth-order valence-electron chi connectivity index (χ4n) is 1.86. The summed E-state index contributed by atoms with van der Waals surface area (Å²) in [5.41, 5.74) is 3.89. The van der Waals surface area contributed by atoms with Crippen LogP contribution in [0, 0.1) is 6.92 Å². The third-order valence-corrected chi connectivity index (χ3v) is 3.33. The largest absolute Gasteiger partial charge is 0.465 e. The van der Waals surface area contributed by atoms with Gasteiger partial charge in [0.25, 0.3) is 0 Å². The van der Waals surface area contributed by atoms with E-state index in [0.717, 1.165) is 21.2 Å². The van der Waals surface area contributed by atoms with Gasteiger partial charge in [0, 0.05) is 4.47 Å². The Kier molecular flexibility index (Phi) is 3.82. The number of rotatable bonds is 2. The molecule has 0 aromatic heterocycles. The van der Waals surface area contributed by atoms with Crippen molar-refractivity contribution in [3.63, 3.8) is 0 Å². The molecule has 0 aliphatic carbocycles. The normalized spacial score (nSPS) is 10.2. The Morgan fingerprint density at radius 3 is 2.33 bits per heavy atom. The van der Waals surface area contributed by atoms with Gasteiger partial charge in [-0.25, -0.2) is 4.79 Å². The third-order valence-electron chi connectivity index (χ3n) is 2.80. The number of ether oxygens (including phenoxy) is 1. The van der Waals surface area contributed by atoms with Gasteiger partial charge in [-0.15, -0.1) is 0 Å². The van der Waals surface area contributed by atoms with E-state index in [1.165, 1.54) is 7.11 Å². The lowest BCUT2D eigenvalue weighted by Crippen LogP contribution is -2.01. The highest BCUT2D eigenvalue weighted by Crippen LogP contribution is 2.25. The zero-order chi connectivity index (χ0) is 13.1. The zero-order valence-corrected chi connectivity index (χ0v) is 11.8. The van der Waals surface area contributed by atoms with E-state index >= 15 is 0 Å². The summed E-state index contributed by atoms with van der Waals surface area (Å²) in [6, 6.07) is 13.7. The van der Waals surface area contributed by atoms with Crippen molar-refractivity contribution in [2.75, 3.05) is 7.11 Å².